The molecule has 0 amide bonds. The zero-order valence-electron chi connectivity index (χ0n) is 13.3. The van der Waals surface area contributed by atoms with Gasteiger partial charge in [0.25, 0.3) is 0 Å². The second-order valence-electron chi connectivity index (χ2n) is 6.82. The SMILES string of the molecule is CC(=CC(C)O)CCCCO[Si](C)(C)C(C)(C)C. The summed E-state index contributed by atoms with van der Waals surface area (Å²) in [4.78, 5) is 0. The number of rotatable bonds is 7. The van der Waals surface area contributed by atoms with Crippen LogP contribution in [-0.4, -0.2) is 26.1 Å². The minimum Gasteiger partial charge on any atom is -0.417 e. The molecule has 0 aromatic rings. The molecule has 0 saturated carbocycles. The Balaban J connectivity index is 3.82. The second-order valence-corrected chi connectivity index (χ2v) is 11.6. The highest BCUT2D eigenvalue weighted by Gasteiger charge is 2.36. The molecule has 1 atom stereocenters. The molecular formula is C15H32O2Si. The number of allylic oxidation sites excluding steroid dienone is 1. The molecule has 0 aliphatic heterocycles. The largest absolute Gasteiger partial charge is 0.417 e. The Bertz CT molecular complexity index is 262. The van der Waals surface area contributed by atoms with Crippen LogP contribution in [-0.2, 0) is 4.43 Å². The highest BCUT2D eigenvalue weighted by Crippen LogP contribution is 2.36. The van der Waals surface area contributed by atoms with Crippen molar-refractivity contribution in [2.45, 2.75) is 78.1 Å². The molecule has 108 valence electrons. The van der Waals surface area contributed by atoms with E-state index in [-0.39, 0.29) is 6.10 Å². The first-order valence-electron chi connectivity index (χ1n) is 7.05. The van der Waals surface area contributed by atoms with Crippen molar-refractivity contribution in [3.05, 3.63) is 11.6 Å². The van der Waals surface area contributed by atoms with E-state index in [0.29, 0.717) is 5.04 Å². The van der Waals surface area contributed by atoms with E-state index in [0.717, 1.165) is 25.9 Å². The number of unbranched alkanes of at least 4 members (excludes halogenated alkanes) is 1. The molecule has 0 saturated heterocycles. The van der Waals surface area contributed by atoms with E-state index in [4.69, 9.17) is 4.43 Å². The van der Waals surface area contributed by atoms with Gasteiger partial charge in [0, 0.05) is 6.61 Å². The predicted molar refractivity (Wildman–Crippen MR) is 82.4 cm³/mol. The van der Waals surface area contributed by atoms with Gasteiger partial charge in [-0.2, -0.15) is 0 Å². The van der Waals surface area contributed by atoms with Crippen molar-refractivity contribution in [3.63, 3.8) is 0 Å². The van der Waals surface area contributed by atoms with Gasteiger partial charge in [0.05, 0.1) is 6.10 Å². The van der Waals surface area contributed by atoms with Crippen LogP contribution in [0.1, 0.15) is 53.9 Å². The maximum Gasteiger partial charge on any atom is 0.191 e. The smallest absolute Gasteiger partial charge is 0.191 e. The fourth-order valence-electron chi connectivity index (χ4n) is 1.54. The van der Waals surface area contributed by atoms with E-state index in [1.807, 2.05) is 6.08 Å². The molecule has 1 N–H and O–H groups in total. The van der Waals surface area contributed by atoms with Gasteiger partial charge in [0.2, 0.25) is 0 Å². The highest BCUT2D eigenvalue weighted by atomic mass is 28.4. The molecule has 18 heavy (non-hydrogen) atoms. The van der Waals surface area contributed by atoms with Crippen LogP contribution < -0.4 is 0 Å². The van der Waals surface area contributed by atoms with Gasteiger partial charge in [-0.25, -0.2) is 0 Å². The van der Waals surface area contributed by atoms with Crippen LogP contribution in [0.3, 0.4) is 0 Å². The summed E-state index contributed by atoms with van der Waals surface area (Å²) in [6.45, 7) is 16.2. The average Bonchev–Trinajstić information content (AvgIpc) is 2.13. The van der Waals surface area contributed by atoms with E-state index in [9.17, 15) is 5.11 Å². The summed E-state index contributed by atoms with van der Waals surface area (Å²) in [6.07, 6.45) is 4.91. The van der Waals surface area contributed by atoms with Crippen molar-refractivity contribution in [1.29, 1.82) is 0 Å². The highest BCUT2D eigenvalue weighted by molar-refractivity contribution is 6.74. The number of aliphatic hydroxyl groups is 1. The third-order valence-corrected chi connectivity index (χ3v) is 8.30. The molecular weight excluding hydrogens is 240 g/mol. The van der Waals surface area contributed by atoms with Crippen LogP contribution in [0.15, 0.2) is 11.6 Å². The van der Waals surface area contributed by atoms with Crippen LogP contribution in [0.4, 0.5) is 0 Å². The van der Waals surface area contributed by atoms with Gasteiger partial charge in [-0.3, -0.25) is 0 Å². The summed E-state index contributed by atoms with van der Waals surface area (Å²) >= 11 is 0. The van der Waals surface area contributed by atoms with Gasteiger partial charge in [0.1, 0.15) is 0 Å². The Labute approximate surface area is 115 Å². The number of hydrogen-bond donors (Lipinski definition) is 1. The molecule has 2 nitrogen and oxygen atoms in total. The normalized spacial score (nSPS) is 15.9. The fourth-order valence-corrected chi connectivity index (χ4v) is 2.63. The Hall–Kier alpha value is -0.123. The maximum atomic E-state index is 9.23. The van der Waals surface area contributed by atoms with E-state index in [2.05, 4.69) is 40.8 Å². The van der Waals surface area contributed by atoms with Gasteiger partial charge in [-0.1, -0.05) is 32.4 Å². The molecule has 0 aliphatic carbocycles. The summed E-state index contributed by atoms with van der Waals surface area (Å²) in [5, 5.41) is 9.53. The van der Waals surface area contributed by atoms with E-state index in [1.54, 1.807) is 6.92 Å². The summed E-state index contributed by atoms with van der Waals surface area (Å²) in [5.41, 5.74) is 1.28. The average molecular weight is 273 g/mol. The lowest BCUT2D eigenvalue weighted by molar-refractivity contribution is 0.242. The zero-order chi connectivity index (χ0) is 14.4. The Morgan fingerprint density at radius 2 is 1.83 bits per heavy atom. The minimum absolute atomic E-state index is 0.301. The summed E-state index contributed by atoms with van der Waals surface area (Å²) in [5.74, 6) is 0. The van der Waals surface area contributed by atoms with Gasteiger partial charge in [-0.05, 0) is 51.2 Å². The van der Waals surface area contributed by atoms with E-state index in [1.165, 1.54) is 5.57 Å². The molecule has 1 unspecified atom stereocenters. The summed E-state index contributed by atoms with van der Waals surface area (Å²) < 4.78 is 6.13. The molecule has 0 heterocycles. The number of aliphatic hydroxyl groups excluding tert-OH is 1. The van der Waals surface area contributed by atoms with Crippen molar-refractivity contribution < 1.29 is 9.53 Å². The lowest BCUT2D eigenvalue weighted by Gasteiger charge is -2.36. The van der Waals surface area contributed by atoms with Crippen molar-refractivity contribution >= 4 is 8.32 Å². The Kier molecular flexibility index (Phi) is 7.41. The molecule has 0 aliphatic rings. The maximum absolute atomic E-state index is 9.23. The van der Waals surface area contributed by atoms with Gasteiger partial charge < -0.3 is 9.53 Å². The van der Waals surface area contributed by atoms with Gasteiger partial charge >= 0.3 is 0 Å². The zero-order valence-corrected chi connectivity index (χ0v) is 14.3. The van der Waals surface area contributed by atoms with Crippen molar-refractivity contribution in [2.24, 2.45) is 0 Å². The van der Waals surface area contributed by atoms with Crippen LogP contribution in [0, 0.1) is 0 Å². The van der Waals surface area contributed by atoms with Crippen molar-refractivity contribution in [3.8, 4) is 0 Å². The first-order valence-corrected chi connectivity index (χ1v) is 9.96. The third kappa shape index (κ3) is 7.34. The molecule has 0 spiro atoms. The molecule has 0 aromatic heterocycles. The lowest BCUT2D eigenvalue weighted by atomic mass is 10.1. The monoisotopic (exact) mass is 272 g/mol. The summed E-state index contributed by atoms with van der Waals surface area (Å²) in [7, 11) is -1.56. The third-order valence-electron chi connectivity index (χ3n) is 3.76. The predicted octanol–water partition coefficient (Wildman–Crippen LogP) is 4.51. The van der Waals surface area contributed by atoms with Crippen LogP contribution in [0.25, 0.3) is 0 Å². The molecule has 3 heteroatoms. The fraction of sp³-hybridized carbons (Fsp3) is 0.867. The van der Waals surface area contributed by atoms with Crippen LogP contribution in [0.2, 0.25) is 18.1 Å². The first-order chi connectivity index (χ1) is 8.06. The van der Waals surface area contributed by atoms with Gasteiger partial charge in [-0.15, -0.1) is 0 Å². The second kappa shape index (κ2) is 7.46. The van der Waals surface area contributed by atoms with E-state index >= 15 is 0 Å². The molecule has 0 rings (SSSR count). The Morgan fingerprint density at radius 1 is 1.28 bits per heavy atom. The topological polar surface area (TPSA) is 29.5 Å². The minimum atomic E-state index is -1.56. The lowest BCUT2D eigenvalue weighted by Crippen LogP contribution is -2.40. The van der Waals surface area contributed by atoms with Crippen LogP contribution >= 0.6 is 0 Å². The van der Waals surface area contributed by atoms with Crippen LogP contribution in [0.5, 0.6) is 0 Å². The molecule has 0 fully saturated rings. The van der Waals surface area contributed by atoms with Crippen molar-refractivity contribution in [2.75, 3.05) is 6.61 Å². The van der Waals surface area contributed by atoms with Gasteiger partial charge in [0.15, 0.2) is 8.32 Å². The molecule has 0 radical (unpaired) electrons. The standard InChI is InChI=1S/C15H32O2Si/c1-13(12-14(2)16)10-8-9-11-17-18(6,7)15(3,4)5/h12,14,16H,8-11H2,1-7H3. The summed E-state index contributed by atoms with van der Waals surface area (Å²) in [6, 6.07) is 0. The first kappa shape index (κ1) is 17.9. The number of hydrogen-bond acceptors (Lipinski definition) is 2. The van der Waals surface area contributed by atoms with Crippen molar-refractivity contribution in [1.82, 2.24) is 0 Å². The quantitative estimate of drug-likeness (QED) is 0.420. The van der Waals surface area contributed by atoms with E-state index < -0.39 is 8.32 Å². The Morgan fingerprint density at radius 3 is 2.28 bits per heavy atom. The molecule has 0 aromatic carbocycles. The molecule has 0 bridgehead atoms.